The maximum Gasteiger partial charge on any atom is 0.313 e. The lowest BCUT2D eigenvalue weighted by molar-refractivity contribution is -0.155. The average molecular weight is 372 g/mol. The smallest absolute Gasteiger partial charge is 0.313 e. The molecule has 0 aromatic heterocycles. The number of esters is 1. The SMILES string of the molecule is CC(C(=O)OC1COC2C(O)COC12)c1ccc(-c2ccccc2)c(F)c1. The number of halogens is 1. The highest BCUT2D eigenvalue weighted by atomic mass is 19.1. The number of hydrogen-bond acceptors (Lipinski definition) is 5. The fourth-order valence-corrected chi connectivity index (χ4v) is 3.58. The summed E-state index contributed by atoms with van der Waals surface area (Å²) in [4.78, 5) is 12.5. The van der Waals surface area contributed by atoms with Gasteiger partial charge in [-0.1, -0.05) is 42.5 Å². The van der Waals surface area contributed by atoms with Gasteiger partial charge in [-0.3, -0.25) is 4.79 Å². The third-order valence-corrected chi connectivity index (χ3v) is 5.18. The molecule has 6 heteroatoms. The molecule has 2 aromatic carbocycles. The van der Waals surface area contributed by atoms with Gasteiger partial charge in [0.05, 0.1) is 19.1 Å². The lowest BCUT2D eigenvalue weighted by Crippen LogP contribution is -2.35. The van der Waals surface area contributed by atoms with Crippen LogP contribution in [0.25, 0.3) is 11.1 Å². The molecule has 0 amide bonds. The largest absolute Gasteiger partial charge is 0.457 e. The van der Waals surface area contributed by atoms with Crippen LogP contribution in [0.3, 0.4) is 0 Å². The number of ether oxygens (including phenoxy) is 3. The lowest BCUT2D eigenvalue weighted by atomic mass is 9.97. The molecule has 5 nitrogen and oxygen atoms in total. The van der Waals surface area contributed by atoms with Gasteiger partial charge in [-0.2, -0.15) is 0 Å². The highest BCUT2D eigenvalue weighted by molar-refractivity contribution is 5.78. The average Bonchev–Trinajstić information content (AvgIpc) is 3.25. The van der Waals surface area contributed by atoms with Crippen LogP contribution < -0.4 is 0 Å². The first-order valence-electron chi connectivity index (χ1n) is 9.01. The van der Waals surface area contributed by atoms with Crippen LogP contribution in [0.2, 0.25) is 0 Å². The van der Waals surface area contributed by atoms with Gasteiger partial charge in [-0.05, 0) is 24.1 Å². The number of rotatable bonds is 4. The highest BCUT2D eigenvalue weighted by Crippen LogP contribution is 2.31. The molecule has 0 radical (unpaired) electrons. The Hall–Kier alpha value is -2.28. The van der Waals surface area contributed by atoms with Crippen molar-refractivity contribution in [2.45, 2.75) is 37.3 Å². The minimum atomic E-state index is -0.698. The van der Waals surface area contributed by atoms with E-state index in [2.05, 4.69) is 0 Å². The van der Waals surface area contributed by atoms with Crippen LogP contribution >= 0.6 is 0 Å². The van der Waals surface area contributed by atoms with Crippen molar-refractivity contribution in [3.05, 3.63) is 59.9 Å². The summed E-state index contributed by atoms with van der Waals surface area (Å²) in [7, 11) is 0. The second-order valence-corrected chi connectivity index (χ2v) is 6.97. The zero-order chi connectivity index (χ0) is 19.0. The van der Waals surface area contributed by atoms with Gasteiger partial charge in [0, 0.05) is 5.56 Å². The summed E-state index contributed by atoms with van der Waals surface area (Å²) in [6, 6.07) is 14.0. The summed E-state index contributed by atoms with van der Waals surface area (Å²) < 4.78 is 31.0. The first-order chi connectivity index (χ1) is 13.0. The van der Waals surface area contributed by atoms with Gasteiger partial charge in [0.25, 0.3) is 0 Å². The molecule has 0 bridgehead atoms. The molecule has 2 aliphatic rings. The monoisotopic (exact) mass is 372 g/mol. The second kappa shape index (κ2) is 7.38. The summed E-state index contributed by atoms with van der Waals surface area (Å²) in [5, 5.41) is 9.76. The van der Waals surface area contributed by atoms with Gasteiger partial charge in [-0.15, -0.1) is 0 Å². The van der Waals surface area contributed by atoms with E-state index in [1.165, 1.54) is 6.07 Å². The van der Waals surface area contributed by atoms with Crippen molar-refractivity contribution in [3.8, 4) is 11.1 Å². The number of carbonyl (C=O) groups is 1. The zero-order valence-electron chi connectivity index (χ0n) is 14.9. The van der Waals surface area contributed by atoms with E-state index < -0.39 is 36.3 Å². The van der Waals surface area contributed by atoms with Gasteiger partial charge >= 0.3 is 5.97 Å². The van der Waals surface area contributed by atoms with Gasteiger partial charge < -0.3 is 19.3 Å². The predicted octanol–water partition coefficient (Wildman–Crippen LogP) is 2.67. The van der Waals surface area contributed by atoms with Crippen LogP contribution in [-0.4, -0.2) is 48.7 Å². The highest BCUT2D eigenvalue weighted by Gasteiger charge is 2.49. The quantitative estimate of drug-likeness (QED) is 0.836. The molecule has 5 unspecified atom stereocenters. The van der Waals surface area contributed by atoms with Gasteiger partial charge in [0.2, 0.25) is 0 Å². The molecule has 142 valence electrons. The van der Waals surface area contributed by atoms with Crippen molar-refractivity contribution < 1.29 is 28.5 Å². The molecule has 2 aliphatic heterocycles. The van der Waals surface area contributed by atoms with Crippen molar-refractivity contribution in [2.75, 3.05) is 13.2 Å². The molecular weight excluding hydrogens is 351 g/mol. The zero-order valence-corrected chi connectivity index (χ0v) is 14.9. The van der Waals surface area contributed by atoms with Crippen LogP contribution in [-0.2, 0) is 19.0 Å². The van der Waals surface area contributed by atoms with Gasteiger partial charge in [0.15, 0.2) is 6.10 Å². The Kier molecular flexibility index (Phi) is 4.95. The van der Waals surface area contributed by atoms with E-state index in [4.69, 9.17) is 14.2 Å². The fraction of sp³-hybridized carbons (Fsp3) is 0.381. The number of carbonyl (C=O) groups excluding carboxylic acids is 1. The Morgan fingerprint density at radius 3 is 2.63 bits per heavy atom. The fourth-order valence-electron chi connectivity index (χ4n) is 3.58. The number of aliphatic hydroxyl groups excluding tert-OH is 1. The molecule has 2 saturated heterocycles. The summed E-state index contributed by atoms with van der Waals surface area (Å²) in [6.07, 6.45) is -2.17. The molecule has 4 rings (SSSR count). The van der Waals surface area contributed by atoms with E-state index in [1.54, 1.807) is 19.1 Å². The molecule has 0 spiro atoms. The molecule has 0 aliphatic carbocycles. The molecule has 2 aromatic rings. The third kappa shape index (κ3) is 3.48. The Bertz CT molecular complexity index is 825. The van der Waals surface area contributed by atoms with E-state index in [-0.39, 0.29) is 19.0 Å². The summed E-state index contributed by atoms with van der Waals surface area (Å²) in [5.41, 5.74) is 1.81. The molecule has 2 fully saturated rings. The Balaban J connectivity index is 1.45. The molecular formula is C21H21FO5. The van der Waals surface area contributed by atoms with Crippen molar-refractivity contribution >= 4 is 5.97 Å². The van der Waals surface area contributed by atoms with Crippen LogP contribution in [0.15, 0.2) is 48.5 Å². The number of aliphatic hydroxyl groups is 1. The Morgan fingerprint density at radius 1 is 1.15 bits per heavy atom. The Labute approximate surface area is 156 Å². The van der Waals surface area contributed by atoms with Gasteiger partial charge in [-0.25, -0.2) is 4.39 Å². The second-order valence-electron chi connectivity index (χ2n) is 6.97. The normalized spacial score (nSPS) is 28.0. The topological polar surface area (TPSA) is 65.0 Å². The van der Waals surface area contributed by atoms with Crippen LogP contribution in [0.4, 0.5) is 4.39 Å². The van der Waals surface area contributed by atoms with Crippen LogP contribution in [0.1, 0.15) is 18.4 Å². The summed E-state index contributed by atoms with van der Waals surface area (Å²) in [5.74, 6) is -1.49. The van der Waals surface area contributed by atoms with Crippen molar-refractivity contribution in [1.29, 1.82) is 0 Å². The molecule has 27 heavy (non-hydrogen) atoms. The van der Waals surface area contributed by atoms with E-state index in [9.17, 15) is 14.3 Å². The maximum atomic E-state index is 14.6. The molecule has 1 N–H and O–H groups in total. The number of hydrogen-bond donors (Lipinski definition) is 1. The summed E-state index contributed by atoms with van der Waals surface area (Å²) >= 11 is 0. The molecule has 2 heterocycles. The van der Waals surface area contributed by atoms with Crippen molar-refractivity contribution in [2.24, 2.45) is 0 Å². The predicted molar refractivity (Wildman–Crippen MR) is 95.6 cm³/mol. The van der Waals surface area contributed by atoms with E-state index in [0.29, 0.717) is 11.1 Å². The summed E-state index contributed by atoms with van der Waals surface area (Å²) in [6.45, 7) is 2.04. The van der Waals surface area contributed by atoms with E-state index in [1.807, 2.05) is 30.3 Å². The maximum absolute atomic E-state index is 14.6. The van der Waals surface area contributed by atoms with E-state index >= 15 is 0 Å². The minimum absolute atomic E-state index is 0.172. The van der Waals surface area contributed by atoms with E-state index in [0.717, 1.165) is 5.56 Å². The number of fused-ring (bicyclic) bond motifs is 1. The first-order valence-corrected chi connectivity index (χ1v) is 9.01. The third-order valence-electron chi connectivity index (χ3n) is 5.18. The molecule has 0 saturated carbocycles. The number of benzene rings is 2. The first kappa shape index (κ1) is 18.1. The molecule has 5 atom stereocenters. The van der Waals surface area contributed by atoms with Crippen LogP contribution in [0.5, 0.6) is 0 Å². The van der Waals surface area contributed by atoms with Gasteiger partial charge in [0.1, 0.15) is 24.1 Å². The minimum Gasteiger partial charge on any atom is -0.457 e. The lowest BCUT2D eigenvalue weighted by Gasteiger charge is -2.19. The standard InChI is InChI=1S/C21H21FO5/c1-12(21(24)27-18-11-26-19-17(23)10-25-20(18)19)14-7-8-15(16(22)9-14)13-5-3-2-4-6-13/h2-9,12,17-20,23H,10-11H2,1H3. The van der Waals surface area contributed by atoms with Crippen LogP contribution in [0, 0.1) is 5.82 Å². The van der Waals surface area contributed by atoms with Crippen molar-refractivity contribution in [3.63, 3.8) is 0 Å². The Morgan fingerprint density at radius 2 is 1.89 bits per heavy atom. The van der Waals surface area contributed by atoms with Crippen molar-refractivity contribution in [1.82, 2.24) is 0 Å².